The van der Waals surface area contributed by atoms with E-state index in [1.807, 2.05) is 13.8 Å². The first kappa shape index (κ1) is 8.17. The molecule has 1 aromatic heterocycles. The van der Waals surface area contributed by atoms with Gasteiger partial charge in [0.05, 0.1) is 0 Å². The maximum atomic E-state index is 12.5. The Morgan fingerprint density at radius 1 is 1.18 bits per heavy atom. The van der Waals surface area contributed by atoms with Gasteiger partial charge in [-0.15, -0.1) is 10.2 Å². The van der Waals surface area contributed by atoms with Crippen LogP contribution in [0.5, 0.6) is 0 Å². The summed E-state index contributed by atoms with van der Waals surface area (Å²) in [6, 6.07) is 0. The van der Waals surface area contributed by atoms with Crippen LogP contribution in [0.25, 0.3) is 0 Å². The highest BCUT2D eigenvalue weighted by Gasteiger charge is 2.13. The Bertz CT molecular complexity index is 210. The van der Waals surface area contributed by atoms with Gasteiger partial charge in [-0.25, -0.2) is 4.39 Å². The molecule has 0 saturated carbocycles. The van der Waals surface area contributed by atoms with Crippen molar-refractivity contribution in [2.24, 2.45) is 0 Å². The number of hydrogen-bond donors (Lipinski definition) is 0. The van der Waals surface area contributed by atoms with E-state index in [9.17, 15) is 4.39 Å². The molecular weight excluding hydrogens is 147 g/mol. The van der Waals surface area contributed by atoms with Gasteiger partial charge in [0, 0.05) is 5.92 Å². The third kappa shape index (κ3) is 1.76. The van der Waals surface area contributed by atoms with Gasteiger partial charge in [-0.05, 0) is 6.92 Å². The highest BCUT2D eigenvalue weighted by molar-refractivity contribution is 4.88. The van der Waals surface area contributed by atoms with Gasteiger partial charge in [0.15, 0.2) is 6.17 Å². The van der Waals surface area contributed by atoms with E-state index >= 15 is 0 Å². The van der Waals surface area contributed by atoms with Crippen molar-refractivity contribution >= 4 is 0 Å². The minimum Gasteiger partial charge on any atom is -0.422 e. The van der Waals surface area contributed by atoms with E-state index < -0.39 is 6.17 Å². The second kappa shape index (κ2) is 2.98. The molecule has 0 bridgehead atoms. The second-order valence-electron chi connectivity index (χ2n) is 2.75. The maximum Gasteiger partial charge on any atom is 0.250 e. The molecule has 1 heterocycles. The Labute approximate surface area is 64.6 Å². The Balaban J connectivity index is 2.82. The number of hydrogen-bond acceptors (Lipinski definition) is 3. The molecule has 0 fully saturated rings. The van der Waals surface area contributed by atoms with E-state index in [1.165, 1.54) is 6.92 Å². The average Bonchev–Trinajstić information content (AvgIpc) is 2.33. The molecule has 62 valence electrons. The summed E-state index contributed by atoms with van der Waals surface area (Å²) in [6.45, 7) is 5.21. The lowest BCUT2D eigenvalue weighted by Gasteiger charge is -1.94. The van der Waals surface area contributed by atoms with Crippen LogP contribution in [0.4, 0.5) is 4.39 Å². The summed E-state index contributed by atoms with van der Waals surface area (Å²) in [4.78, 5) is 0. The summed E-state index contributed by atoms with van der Waals surface area (Å²) in [5.74, 6) is 0.716. The smallest absolute Gasteiger partial charge is 0.250 e. The Kier molecular flexibility index (Phi) is 2.22. The molecule has 1 atom stereocenters. The molecule has 0 radical (unpaired) electrons. The van der Waals surface area contributed by atoms with E-state index in [4.69, 9.17) is 4.42 Å². The Hall–Kier alpha value is -0.930. The van der Waals surface area contributed by atoms with Crippen LogP contribution in [0.2, 0.25) is 0 Å². The number of nitrogens with zero attached hydrogens (tertiary/aromatic N) is 2. The van der Waals surface area contributed by atoms with Crippen molar-refractivity contribution < 1.29 is 8.81 Å². The Morgan fingerprint density at radius 2 is 1.73 bits per heavy atom. The monoisotopic (exact) mass is 158 g/mol. The molecule has 3 nitrogen and oxygen atoms in total. The first-order valence-electron chi connectivity index (χ1n) is 3.58. The molecule has 11 heavy (non-hydrogen) atoms. The maximum absolute atomic E-state index is 12.5. The molecule has 0 amide bonds. The molecule has 1 rings (SSSR count). The summed E-state index contributed by atoms with van der Waals surface area (Å²) in [6.07, 6.45) is -1.17. The molecule has 1 aromatic rings. The van der Waals surface area contributed by atoms with E-state index in [2.05, 4.69) is 10.2 Å². The van der Waals surface area contributed by atoms with Gasteiger partial charge in [-0.2, -0.15) is 0 Å². The topological polar surface area (TPSA) is 38.9 Å². The largest absolute Gasteiger partial charge is 0.422 e. The molecule has 4 heteroatoms. The van der Waals surface area contributed by atoms with Gasteiger partial charge in [0.2, 0.25) is 11.8 Å². The van der Waals surface area contributed by atoms with Crippen molar-refractivity contribution in [2.75, 3.05) is 0 Å². The summed E-state index contributed by atoms with van der Waals surface area (Å²) in [5.41, 5.74) is 0. The van der Waals surface area contributed by atoms with Gasteiger partial charge in [0.25, 0.3) is 0 Å². The van der Waals surface area contributed by atoms with Crippen LogP contribution < -0.4 is 0 Å². The van der Waals surface area contributed by atoms with Crippen molar-refractivity contribution in [2.45, 2.75) is 32.9 Å². The average molecular weight is 158 g/mol. The van der Waals surface area contributed by atoms with E-state index in [-0.39, 0.29) is 11.8 Å². The normalized spacial score (nSPS) is 13.9. The highest BCUT2D eigenvalue weighted by atomic mass is 19.1. The van der Waals surface area contributed by atoms with Crippen LogP contribution in [0.1, 0.15) is 44.6 Å². The van der Waals surface area contributed by atoms with Crippen molar-refractivity contribution in [3.8, 4) is 0 Å². The van der Waals surface area contributed by atoms with E-state index in [0.29, 0.717) is 5.89 Å². The summed E-state index contributed by atoms with van der Waals surface area (Å²) >= 11 is 0. The van der Waals surface area contributed by atoms with Gasteiger partial charge in [0.1, 0.15) is 0 Å². The molecule has 0 saturated heterocycles. The van der Waals surface area contributed by atoms with Crippen molar-refractivity contribution in [3.63, 3.8) is 0 Å². The summed E-state index contributed by atoms with van der Waals surface area (Å²) < 4.78 is 17.5. The van der Waals surface area contributed by atoms with Crippen LogP contribution in [0, 0.1) is 0 Å². The van der Waals surface area contributed by atoms with Crippen molar-refractivity contribution in [3.05, 3.63) is 11.8 Å². The van der Waals surface area contributed by atoms with Crippen LogP contribution >= 0.6 is 0 Å². The van der Waals surface area contributed by atoms with E-state index in [0.717, 1.165) is 0 Å². The molecule has 0 aromatic carbocycles. The second-order valence-corrected chi connectivity index (χ2v) is 2.75. The molecule has 0 aliphatic rings. The van der Waals surface area contributed by atoms with Crippen LogP contribution in [0.3, 0.4) is 0 Å². The van der Waals surface area contributed by atoms with Crippen LogP contribution in [-0.4, -0.2) is 10.2 Å². The third-order valence-corrected chi connectivity index (χ3v) is 1.29. The molecule has 0 spiro atoms. The molecule has 0 N–H and O–H groups in total. The predicted molar refractivity (Wildman–Crippen MR) is 37.9 cm³/mol. The molecule has 1 unspecified atom stereocenters. The number of rotatable bonds is 2. The summed E-state index contributed by atoms with van der Waals surface area (Å²) in [5, 5.41) is 7.23. The molecular formula is C7H11FN2O. The fraction of sp³-hybridized carbons (Fsp3) is 0.714. The SMILES string of the molecule is CC(C)c1nnc(C(C)F)o1. The lowest BCUT2D eigenvalue weighted by Crippen LogP contribution is -1.85. The minimum atomic E-state index is -1.17. The van der Waals surface area contributed by atoms with Crippen LogP contribution in [0.15, 0.2) is 4.42 Å². The van der Waals surface area contributed by atoms with Crippen LogP contribution in [-0.2, 0) is 0 Å². The van der Waals surface area contributed by atoms with Crippen molar-refractivity contribution in [1.82, 2.24) is 10.2 Å². The fourth-order valence-electron chi connectivity index (χ4n) is 0.641. The van der Waals surface area contributed by atoms with Gasteiger partial charge >= 0.3 is 0 Å². The Morgan fingerprint density at radius 3 is 2.00 bits per heavy atom. The van der Waals surface area contributed by atoms with Gasteiger partial charge in [-0.3, -0.25) is 0 Å². The van der Waals surface area contributed by atoms with E-state index in [1.54, 1.807) is 0 Å². The lowest BCUT2D eigenvalue weighted by atomic mass is 10.2. The van der Waals surface area contributed by atoms with Crippen molar-refractivity contribution in [1.29, 1.82) is 0 Å². The first-order valence-corrected chi connectivity index (χ1v) is 3.58. The summed E-state index contributed by atoms with van der Waals surface area (Å²) in [7, 11) is 0. The van der Waals surface area contributed by atoms with Gasteiger partial charge < -0.3 is 4.42 Å². The quantitative estimate of drug-likeness (QED) is 0.662. The zero-order chi connectivity index (χ0) is 8.43. The molecule has 0 aliphatic carbocycles. The predicted octanol–water partition coefficient (Wildman–Crippen LogP) is 2.22. The lowest BCUT2D eigenvalue weighted by molar-refractivity contribution is 0.288. The van der Waals surface area contributed by atoms with Gasteiger partial charge in [-0.1, -0.05) is 13.8 Å². The number of alkyl halides is 1. The number of aromatic nitrogens is 2. The number of halogens is 1. The standard InChI is InChI=1S/C7H11FN2O/c1-4(2)6-9-10-7(11-6)5(3)8/h4-5H,1-3H3. The zero-order valence-corrected chi connectivity index (χ0v) is 6.84. The minimum absolute atomic E-state index is 0.0636. The highest BCUT2D eigenvalue weighted by Crippen LogP contribution is 2.18. The third-order valence-electron chi connectivity index (χ3n) is 1.29. The fourth-order valence-corrected chi connectivity index (χ4v) is 0.641. The zero-order valence-electron chi connectivity index (χ0n) is 6.84. The first-order chi connectivity index (χ1) is 5.11. The molecule has 0 aliphatic heterocycles.